The lowest BCUT2D eigenvalue weighted by Crippen LogP contribution is -2.65. The molecule has 0 amide bonds. The number of carboxylic acid groups (broad SMARTS) is 1. The van der Waals surface area contributed by atoms with E-state index < -0.39 is 36.2 Å². The van der Waals surface area contributed by atoms with Gasteiger partial charge in [0.25, 0.3) is 0 Å². The predicted octanol–water partition coefficient (Wildman–Crippen LogP) is 4.92. The molecule has 0 spiro atoms. The van der Waals surface area contributed by atoms with Gasteiger partial charge in [0.1, 0.15) is 6.67 Å². The van der Waals surface area contributed by atoms with Crippen molar-refractivity contribution in [2.24, 2.45) is 58.2 Å². The molecule has 13 atom stereocenters. The second kappa shape index (κ2) is 9.97. The average Bonchev–Trinajstić information content (AvgIpc) is 3.12. The zero-order chi connectivity index (χ0) is 24.3. The van der Waals surface area contributed by atoms with Crippen LogP contribution in [0.3, 0.4) is 0 Å². The van der Waals surface area contributed by atoms with Crippen LogP contribution in [0.15, 0.2) is 0 Å². The average molecular weight is 485 g/mol. The van der Waals surface area contributed by atoms with Gasteiger partial charge >= 0.3 is 5.97 Å². The first-order valence-electron chi connectivity index (χ1n) is 13.3. The molecule has 4 rings (SSSR count). The molecule has 0 aromatic carbocycles. The van der Waals surface area contributed by atoms with Gasteiger partial charge in [-0.25, -0.2) is 0 Å². The van der Waals surface area contributed by atoms with Crippen molar-refractivity contribution in [1.29, 1.82) is 0 Å². The smallest absolute Gasteiger partial charge is 0.309 e. The molecule has 0 aliphatic heterocycles. The van der Waals surface area contributed by atoms with Gasteiger partial charge in [0.2, 0.25) is 0 Å². The number of aliphatic hydroxyl groups excluding tert-OH is 3. The van der Waals surface area contributed by atoms with Crippen molar-refractivity contribution in [2.75, 3.05) is 6.67 Å². The highest BCUT2D eigenvalue weighted by molar-refractivity contribution is 5.70. The summed E-state index contributed by atoms with van der Waals surface area (Å²) in [5.74, 6) is -0.991. The summed E-state index contributed by atoms with van der Waals surface area (Å²) < 4.78 is 13.4. The normalized spacial score (nSPS) is 49.7. The minimum absolute atomic E-state index is 0. The SMILES string of the molecule is C.CC[C@H]1[C@@H](O)[C@@H]2C(C[C@H](O)[C@]3(C)[C@@H]([C@H](C)C[C@@H](CF)C(=O)O)CC[C@@H]23)[C@@]2(C)CC[C@@H](O)C[C@@H]12. The fourth-order valence-electron chi connectivity index (χ4n) is 9.73. The van der Waals surface area contributed by atoms with Gasteiger partial charge in [-0.1, -0.05) is 41.5 Å². The summed E-state index contributed by atoms with van der Waals surface area (Å²) in [5, 5.41) is 43.2. The highest BCUT2D eigenvalue weighted by Gasteiger charge is 2.67. The molecule has 4 fully saturated rings. The number of halogens is 1. The first-order valence-corrected chi connectivity index (χ1v) is 13.3. The number of aliphatic hydroxyl groups is 3. The van der Waals surface area contributed by atoms with Gasteiger partial charge in [-0.2, -0.15) is 0 Å². The quantitative estimate of drug-likeness (QED) is 0.429. The summed E-state index contributed by atoms with van der Waals surface area (Å²) in [4.78, 5) is 11.5. The number of fused-ring (bicyclic) bond motifs is 5. The fraction of sp³-hybridized carbons (Fsp3) is 0.964. The zero-order valence-corrected chi connectivity index (χ0v) is 20.8. The number of carbonyl (C=O) groups is 1. The van der Waals surface area contributed by atoms with E-state index in [0.717, 1.165) is 38.5 Å². The molecule has 5 nitrogen and oxygen atoms in total. The molecule has 0 aromatic heterocycles. The zero-order valence-electron chi connectivity index (χ0n) is 20.8. The van der Waals surface area contributed by atoms with Crippen molar-refractivity contribution >= 4 is 5.97 Å². The van der Waals surface area contributed by atoms with E-state index in [9.17, 15) is 29.6 Å². The number of aliphatic carboxylic acids is 1. The Hall–Kier alpha value is -0.720. The fourth-order valence-corrected chi connectivity index (χ4v) is 9.73. The summed E-state index contributed by atoms with van der Waals surface area (Å²) in [5.41, 5.74) is -0.380. The van der Waals surface area contributed by atoms with E-state index in [4.69, 9.17) is 0 Å². The van der Waals surface area contributed by atoms with Gasteiger partial charge in [-0.05, 0) is 97.2 Å². The standard InChI is InChI=1S/C27H45FO5.CH4/c1-5-17-20-11-16(29)8-9-26(20,3)21-12-22(30)27(4)18(6-7-19(27)23(21)24(17)31)14(2)10-15(13-28)25(32)33;/h14-24,29-31H,5-13H2,1-4H3,(H,32,33);1H4/t14-,15+,16-,17-,18-,19+,20+,21?,22+,23+,24-,26+,27-;/m1./s1. The molecule has 4 N–H and O–H groups in total. The van der Waals surface area contributed by atoms with Crippen molar-refractivity contribution in [1.82, 2.24) is 0 Å². The van der Waals surface area contributed by atoms with E-state index in [2.05, 4.69) is 20.8 Å². The molecule has 6 heteroatoms. The highest BCUT2D eigenvalue weighted by atomic mass is 19.1. The third kappa shape index (κ3) is 4.04. The molecule has 4 aliphatic carbocycles. The van der Waals surface area contributed by atoms with E-state index in [1.165, 1.54) is 0 Å². The lowest BCUT2D eigenvalue weighted by atomic mass is 9.41. The maximum Gasteiger partial charge on any atom is 0.309 e. The van der Waals surface area contributed by atoms with Gasteiger partial charge in [0.15, 0.2) is 0 Å². The lowest BCUT2D eigenvalue weighted by Gasteiger charge is -2.65. The second-order valence-corrected chi connectivity index (χ2v) is 12.6. The molecule has 0 aromatic rings. The van der Waals surface area contributed by atoms with Crippen molar-refractivity contribution in [3.63, 3.8) is 0 Å². The van der Waals surface area contributed by atoms with E-state index in [1.807, 2.05) is 6.92 Å². The first-order chi connectivity index (χ1) is 15.5. The molecule has 0 saturated heterocycles. The largest absolute Gasteiger partial charge is 0.481 e. The Morgan fingerprint density at radius 3 is 2.32 bits per heavy atom. The van der Waals surface area contributed by atoms with Crippen molar-refractivity contribution in [2.45, 2.75) is 105 Å². The Bertz CT molecular complexity index is 732. The lowest BCUT2D eigenvalue weighted by molar-refractivity contribution is -0.228. The predicted molar refractivity (Wildman–Crippen MR) is 131 cm³/mol. The summed E-state index contributed by atoms with van der Waals surface area (Å²) in [7, 11) is 0. The summed E-state index contributed by atoms with van der Waals surface area (Å²) in [6.45, 7) is 7.82. The van der Waals surface area contributed by atoms with E-state index in [-0.39, 0.29) is 66.8 Å². The topological polar surface area (TPSA) is 98.0 Å². The molecular weight excluding hydrogens is 435 g/mol. The molecule has 0 bridgehead atoms. The Morgan fingerprint density at radius 2 is 1.74 bits per heavy atom. The Balaban J connectivity index is 0.00000324. The van der Waals surface area contributed by atoms with Crippen LogP contribution in [0.2, 0.25) is 0 Å². The van der Waals surface area contributed by atoms with E-state index >= 15 is 0 Å². The second-order valence-electron chi connectivity index (χ2n) is 12.6. The van der Waals surface area contributed by atoms with E-state index in [1.54, 1.807) is 0 Å². The van der Waals surface area contributed by atoms with Crippen LogP contribution >= 0.6 is 0 Å². The Kier molecular flexibility index (Phi) is 8.17. The summed E-state index contributed by atoms with van der Waals surface area (Å²) in [6.07, 6.45) is 4.88. The van der Waals surface area contributed by atoms with Crippen LogP contribution in [-0.2, 0) is 4.79 Å². The minimum atomic E-state index is -1.08. The van der Waals surface area contributed by atoms with Crippen molar-refractivity contribution in [3.05, 3.63) is 0 Å². The molecule has 198 valence electrons. The summed E-state index contributed by atoms with van der Waals surface area (Å²) in [6, 6.07) is 0. The van der Waals surface area contributed by atoms with Crippen LogP contribution in [0.1, 0.15) is 86.5 Å². The maximum atomic E-state index is 13.4. The Labute approximate surface area is 205 Å². The van der Waals surface area contributed by atoms with Gasteiger partial charge in [-0.3, -0.25) is 9.18 Å². The van der Waals surface area contributed by atoms with Crippen LogP contribution in [0.5, 0.6) is 0 Å². The van der Waals surface area contributed by atoms with Gasteiger partial charge in [-0.15, -0.1) is 0 Å². The third-order valence-corrected chi connectivity index (χ3v) is 11.4. The molecule has 0 radical (unpaired) electrons. The Morgan fingerprint density at radius 1 is 1.06 bits per heavy atom. The highest BCUT2D eigenvalue weighted by Crippen LogP contribution is 2.69. The number of hydrogen-bond acceptors (Lipinski definition) is 4. The third-order valence-electron chi connectivity index (χ3n) is 11.4. The van der Waals surface area contributed by atoms with Crippen LogP contribution in [0.4, 0.5) is 4.39 Å². The van der Waals surface area contributed by atoms with Crippen LogP contribution < -0.4 is 0 Å². The van der Waals surface area contributed by atoms with E-state index in [0.29, 0.717) is 6.42 Å². The van der Waals surface area contributed by atoms with Crippen LogP contribution in [-0.4, -0.2) is 51.4 Å². The first kappa shape index (κ1) is 27.9. The van der Waals surface area contributed by atoms with Crippen molar-refractivity contribution < 1.29 is 29.6 Å². The molecular formula is C28H49FO5. The van der Waals surface area contributed by atoms with Crippen LogP contribution in [0, 0.1) is 58.2 Å². The summed E-state index contributed by atoms with van der Waals surface area (Å²) >= 11 is 0. The molecule has 4 saturated carbocycles. The number of rotatable bonds is 6. The molecule has 1 unspecified atom stereocenters. The maximum absolute atomic E-state index is 13.4. The van der Waals surface area contributed by atoms with Crippen LogP contribution in [0.25, 0.3) is 0 Å². The van der Waals surface area contributed by atoms with Gasteiger partial charge in [0.05, 0.1) is 24.2 Å². The molecule has 34 heavy (non-hydrogen) atoms. The number of hydrogen-bond donors (Lipinski definition) is 4. The minimum Gasteiger partial charge on any atom is -0.481 e. The number of carboxylic acids is 1. The van der Waals surface area contributed by atoms with Gasteiger partial charge in [0, 0.05) is 0 Å². The number of alkyl halides is 1. The monoisotopic (exact) mass is 484 g/mol. The van der Waals surface area contributed by atoms with Gasteiger partial charge < -0.3 is 20.4 Å². The molecule has 4 aliphatic rings. The molecule has 0 heterocycles. The van der Waals surface area contributed by atoms with Crippen molar-refractivity contribution in [3.8, 4) is 0 Å².